The maximum absolute atomic E-state index is 12.4. The highest BCUT2D eigenvalue weighted by Crippen LogP contribution is 2.47. The van der Waals surface area contributed by atoms with Crippen LogP contribution < -0.4 is 25.4 Å². The van der Waals surface area contributed by atoms with E-state index in [0.29, 0.717) is 19.5 Å². The molecular weight excluding hydrogens is 691 g/mol. The number of aryl methyl sites for hydroxylation is 2. The van der Waals surface area contributed by atoms with Crippen molar-refractivity contribution >= 4 is 37.6 Å². The Morgan fingerprint density at radius 1 is 0.902 bits per heavy atom. The molecule has 0 atom stereocenters. The fourth-order valence-corrected chi connectivity index (χ4v) is 10.2. The molecule has 272 valence electrons. The molecule has 3 aliphatic heterocycles. The van der Waals surface area contributed by atoms with E-state index in [9.17, 15) is 30.7 Å². The van der Waals surface area contributed by atoms with Gasteiger partial charge in [-0.3, -0.25) is 13.9 Å². The Bertz CT molecular complexity index is 2300. The molecule has 3 heterocycles. The maximum atomic E-state index is 12.4. The van der Waals surface area contributed by atoms with Crippen LogP contribution in [0.5, 0.6) is 0 Å². The van der Waals surface area contributed by atoms with Crippen molar-refractivity contribution in [1.29, 1.82) is 0 Å². The first-order chi connectivity index (χ1) is 24.1. The topological polar surface area (TPSA) is 164 Å². The zero-order valence-corrected chi connectivity index (χ0v) is 30.8. The third-order valence-corrected chi connectivity index (χ3v) is 12.9. The first-order valence-electron chi connectivity index (χ1n) is 17.9. The number of aliphatic carboxylic acids is 1. The van der Waals surface area contributed by atoms with Gasteiger partial charge in [0.15, 0.2) is 6.54 Å². The summed E-state index contributed by atoms with van der Waals surface area (Å²) < 4.78 is 70.2. The van der Waals surface area contributed by atoms with E-state index in [1.54, 1.807) is 0 Å². The molecule has 1 aliphatic carbocycles. The molecule has 13 heteroatoms. The van der Waals surface area contributed by atoms with Gasteiger partial charge in [-0.25, -0.2) is 4.58 Å². The Labute approximate surface area is 299 Å². The highest BCUT2D eigenvalue weighted by Gasteiger charge is 2.40. The summed E-state index contributed by atoms with van der Waals surface area (Å²) in [5.41, 5.74) is 10.1. The summed E-state index contributed by atoms with van der Waals surface area (Å²) in [4.78, 5) is 12.5. The summed E-state index contributed by atoms with van der Waals surface area (Å²) in [6.07, 6.45) is 8.42. The lowest BCUT2D eigenvalue weighted by Gasteiger charge is -2.43. The Kier molecular flexibility index (Phi) is 9.31. The van der Waals surface area contributed by atoms with E-state index in [0.717, 1.165) is 104 Å². The number of anilines is 1. The summed E-state index contributed by atoms with van der Waals surface area (Å²) >= 11 is 0. The fraction of sp³-hybridized carbons (Fsp3) is 0.474. The summed E-state index contributed by atoms with van der Waals surface area (Å²) in [5.74, 6) is -0.773. The molecule has 3 aromatic rings. The molecule has 0 saturated carbocycles. The molecule has 4 aliphatic rings. The average molecular weight is 737 g/mol. The van der Waals surface area contributed by atoms with E-state index in [-0.39, 0.29) is 23.9 Å². The van der Waals surface area contributed by atoms with Gasteiger partial charge in [0.05, 0.1) is 4.90 Å². The Morgan fingerprint density at radius 3 is 2.37 bits per heavy atom. The minimum Gasteiger partial charge on any atom is -0.481 e. The number of rotatable bonds is 11. The summed E-state index contributed by atoms with van der Waals surface area (Å²) in [5, 5.41) is 15.0. The molecule has 0 amide bonds. The second-order valence-electron chi connectivity index (χ2n) is 14.9. The molecule has 4 N–H and O–H groups in total. The lowest BCUT2D eigenvalue weighted by Crippen LogP contribution is -2.45. The van der Waals surface area contributed by atoms with E-state index in [2.05, 4.69) is 46.8 Å². The quantitative estimate of drug-likeness (QED) is 0.130. The fourth-order valence-electron chi connectivity index (χ4n) is 8.90. The van der Waals surface area contributed by atoms with Crippen LogP contribution in [0.2, 0.25) is 0 Å². The van der Waals surface area contributed by atoms with E-state index >= 15 is 0 Å². The van der Waals surface area contributed by atoms with Gasteiger partial charge in [0.1, 0.15) is 11.4 Å². The number of carboxylic acid groups (broad SMARTS) is 1. The number of fused-ring (bicyclic) bond motifs is 4. The van der Waals surface area contributed by atoms with Crippen molar-refractivity contribution in [2.75, 3.05) is 31.1 Å². The molecule has 3 aromatic carbocycles. The standard InChI is InChI=1S/C38H45N3O8S2/c1-38(2)31-22-32-24(9-6-18-41(32)23-26-13-14-27(50(44,45)46)21-33(26)51(47,48)49)19-29(31)36(39-15-5-3-4-12-34(42)43)30-20-25-10-7-16-40-17-8-11-28(35(30)38)37(25)40/h13-14,19-22H,3-12,15-18,23H2,1-2H3,(H3,42,43,44,45,46,47,48,49)/p+1. The van der Waals surface area contributed by atoms with Crippen LogP contribution in [0.1, 0.15) is 97.7 Å². The van der Waals surface area contributed by atoms with Gasteiger partial charge in [0, 0.05) is 77.3 Å². The molecule has 51 heavy (non-hydrogen) atoms. The van der Waals surface area contributed by atoms with Crippen molar-refractivity contribution in [3.63, 3.8) is 0 Å². The first kappa shape index (κ1) is 35.6. The normalized spacial score (nSPS) is 17.7. The molecule has 0 unspecified atom stereocenters. The average Bonchev–Trinajstić information content (AvgIpc) is 3.06. The highest BCUT2D eigenvalue weighted by molar-refractivity contribution is 7.86. The van der Waals surface area contributed by atoms with Crippen molar-refractivity contribution in [2.45, 2.75) is 99.8 Å². The molecule has 0 fully saturated rings. The van der Waals surface area contributed by atoms with Crippen LogP contribution in [-0.4, -0.2) is 63.2 Å². The van der Waals surface area contributed by atoms with Gasteiger partial charge in [-0.1, -0.05) is 20.3 Å². The van der Waals surface area contributed by atoms with Gasteiger partial charge in [-0.05, 0) is 97.5 Å². The van der Waals surface area contributed by atoms with Crippen LogP contribution >= 0.6 is 0 Å². The predicted molar refractivity (Wildman–Crippen MR) is 194 cm³/mol. The molecular formula is C38H46N3O8S2+. The van der Waals surface area contributed by atoms with Gasteiger partial charge in [0.25, 0.3) is 20.2 Å². The number of nitrogens with one attached hydrogen (secondary N) is 1. The SMILES string of the molecule is CC1(C)c2c(cc3c4c2CCCN4CCC3)C(NCCCCCC(=O)O)=c2cc3c(cc21)=[N+](Cc1ccc(S(=O)(=O)O)cc1S(=O)(=O)O)CCC3. The Balaban J connectivity index is 1.40. The zero-order chi connectivity index (χ0) is 36.3. The Morgan fingerprint density at radius 2 is 1.65 bits per heavy atom. The van der Waals surface area contributed by atoms with Crippen LogP contribution in [-0.2, 0) is 56.3 Å². The summed E-state index contributed by atoms with van der Waals surface area (Å²) in [7, 11) is -9.49. The van der Waals surface area contributed by atoms with Crippen LogP contribution in [0.4, 0.5) is 5.69 Å². The summed E-state index contributed by atoms with van der Waals surface area (Å²) in [6.45, 7) is 8.19. The van der Waals surface area contributed by atoms with Gasteiger partial charge in [-0.2, -0.15) is 16.8 Å². The minimum absolute atomic E-state index is 0.114. The van der Waals surface area contributed by atoms with Crippen molar-refractivity contribution in [2.24, 2.45) is 0 Å². The number of unbranched alkanes of at least 4 members (excludes halogenated alkanes) is 2. The largest absolute Gasteiger partial charge is 0.481 e. The van der Waals surface area contributed by atoms with Crippen LogP contribution in [0.15, 0.2) is 46.2 Å². The number of hydrogen-bond acceptors (Lipinski definition) is 7. The molecule has 0 spiro atoms. The monoisotopic (exact) mass is 736 g/mol. The Hall–Kier alpha value is -3.78. The maximum Gasteiger partial charge on any atom is 0.303 e. The van der Waals surface area contributed by atoms with Gasteiger partial charge >= 0.3 is 5.97 Å². The third kappa shape index (κ3) is 6.69. The van der Waals surface area contributed by atoms with E-state index in [1.165, 1.54) is 34.0 Å². The lowest BCUT2D eigenvalue weighted by atomic mass is 9.67. The van der Waals surface area contributed by atoms with Crippen molar-refractivity contribution in [3.8, 4) is 0 Å². The third-order valence-electron chi connectivity index (χ3n) is 11.1. The number of carboxylic acids is 1. The van der Waals surface area contributed by atoms with E-state index in [1.807, 2.05) is 0 Å². The van der Waals surface area contributed by atoms with Crippen molar-refractivity contribution in [3.05, 3.63) is 85.9 Å². The van der Waals surface area contributed by atoms with E-state index in [4.69, 9.17) is 5.11 Å². The number of benzene rings is 3. The van der Waals surface area contributed by atoms with Crippen molar-refractivity contribution < 1.29 is 35.8 Å². The second-order valence-corrected chi connectivity index (χ2v) is 17.7. The van der Waals surface area contributed by atoms with Gasteiger partial charge in [0.2, 0.25) is 5.36 Å². The zero-order valence-electron chi connectivity index (χ0n) is 29.2. The highest BCUT2D eigenvalue weighted by atomic mass is 32.2. The molecule has 0 saturated heterocycles. The van der Waals surface area contributed by atoms with Crippen LogP contribution in [0.3, 0.4) is 0 Å². The number of nitrogens with zero attached hydrogens (tertiary/aromatic N) is 2. The molecule has 0 bridgehead atoms. The molecule has 0 radical (unpaired) electrons. The van der Waals surface area contributed by atoms with Crippen LogP contribution in [0.25, 0.3) is 5.70 Å². The lowest BCUT2D eigenvalue weighted by molar-refractivity contribution is -0.137. The van der Waals surface area contributed by atoms with E-state index < -0.39 is 36.0 Å². The van der Waals surface area contributed by atoms with Gasteiger partial charge in [-0.15, -0.1) is 0 Å². The predicted octanol–water partition coefficient (Wildman–Crippen LogP) is 3.55. The second kappa shape index (κ2) is 13.3. The molecule has 11 nitrogen and oxygen atoms in total. The van der Waals surface area contributed by atoms with Crippen molar-refractivity contribution in [1.82, 2.24) is 9.89 Å². The number of hydrogen-bond donors (Lipinski definition) is 4. The molecule has 7 rings (SSSR count). The van der Waals surface area contributed by atoms with Crippen LogP contribution in [0, 0.1) is 0 Å². The smallest absolute Gasteiger partial charge is 0.303 e. The summed E-state index contributed by atoms with van der Waals surface area (Å²) in [6, 6.07) is 10.2. The van der Waals surface area contributed by atoms with Gasteiger partial charge < -0.3 is 15.3 Å². The minimum atomic E-state index is -4.80. The molecule has 0 aromatic heterocycles. The number of carbonyl (C=O) groups is 1. The first-order valence-corrected chi connectivity index (χ1v) is 20.8.